The zero-order chi connectivity index (χ0) is 8.97. The van der Waals surface area contributed by atoms with E-state index in [9.17, 15) is 4.79 Å². The lowest BCUT2D eigenvalue weighted by Gasteiger charge is -1.98. The molecule has 0 aliphatic rings. The normalized spacial score (nSPS) is 9.83. The Labute approximate surface area is 72.6 Å². The number of ketones is 1. The third-order valence-corrected chi connectivity index (χ3v) is 1.73. The first-order chi connectivity index (χ1) is 5.72. The van der Waals surface area contributed by atoms with Crippen LogP contribution in [0.5, 0.6) is 0 Å². The van der Waals surface area contributed by atoms with Gasteiger partial charge in [-0.2, -0.15) is 0 Å². The summed E-state index contributed by atoms with van der Waals surface area (Å²) >= 11 is 0. The van der Waals surface area contributed by atoms with Crippen molar-refractivity contribution in [3.05, 3.63) is 29.6 Å². The Hall–Kier alpha value is -1.18. The lowest BCUT2D eigenvalue weighted by Crippen LogP contribution is -2.00. The smallest absolute Gasteiger partial charge is 0.137 e. The minimum absolute atomic E-state index is 0.266. The van der Waals surface area contributed by atoms with Crippen LogP contribution >= 0.6 is 0 Å². The quantitative estimate of drug-likeness (QED) is 0.681. The molecule has 0 bridgehead atoms. The number of aryl methyl sites for hydroxylation is 1. The number of aromatic nitrogens is 1. The van der Waals surface area contributed by atoms with E-state index in [1.54, 1.807) is 12.4 Å². The topological polar surface area (TPSA) is 30.0 Å². The van der Waals surface area contributed by atoms with Gasteiger partial charge in [0.15, 0.2) is 0 Å². The van der Waals surface area contributed by atoms with Gasteiger partial charge in [0, 0.05) is 25.2 Å². The molecule has 0 aliphatic heterocycles. The minimum atomic E-state index is 0.266. The van der Waals surface area contributed by atoms with Crippen molar-refractivity contribution in [2.24, 2.45) is 0 Å². The van der Waals surface area contributed by atoms with E-state index in [0.717, 1.165) is 11.1 Å². The maximum Gasteiger partial charge on any atom is 0.137 e. The molecule has 64 valence electrons. The van der Waals surface area contributed by atoms with Gasteiger partial charge in [-0.3, -0.25) is 9.78 Å². The average molecular weight is 163 g/mol. The first kappa shape index (κ1) is 8.91. The monoisotopic (exact) mass is 163 g/mol. The second kappa shape index (κ2) is 4.00. The van der Waals surface area contributed by atoms with E-state index in [0.29, 0.717) is 12.8 Å². The Morgan fingerprint density at radius 1 is 1.50 bits per heavy atom. The molecule has 1 rings (SSSR count). The highest BCUT2D eigenvalue weighted by Gasteiger charge is 2.00. The zero-order valence-electron chi connectivity index (χ0n) is 7.50. The molecule has 0 atom stereocenters. The number of rotatable bonds is 3. The van der Waals surface area contributed by atoms with Gasteiger partial charge >= 0.3 is 0 Å². The molecule has 0 unspecified atom stereocenters. The van der Waals surface area contributed by atoms with Crippen LogP contribution in [0.15, 0.2) is 18.5 Å². The molecule has 0 spiro atoms. The summed E-state index contributed by atoms with van der Waals surface area (Å²) < 4.78 is 0. The van der Waals surface area contributed by atoms with Crippen LogP contribution in [0, 0.1) is 6.92 Å². The number of hydrogen-bond donors (Lipinski definition) is 0. The third kappa shape index (κ3) is 2.46. The molecule has 1 aromatic rings. The summed E-state index contributed by atoms with van der Waals surface area (Å²) in [5.74, 6) is 0.266. The summed E-state index contributed by atoms with van der Waals surface area (Å²) in [5, 5.41) is 0. The number of carbonyl (C=O) groups excluding carboxylic acids is 1. The van der Waals surface area contributed by atoms with Crippen molar-refractivity contribution in [1.82, 2.24) is 4.98 Å². The lowest BCUT2D eigenvalue weighted by atomic mass is 10.1. The summed E-state index contributed by atoms with van der Waals surface area (Å²) in [6, 6.07) is 2.00. The molecule has 2 heteroatoms. The van der Waals surface area contributed by atoms with Gasteiger partial charge in [-0.1, -0.05) is 13.0 Å². The number of pyridine rings is 1. The largest absolute Gasteiger partial charge is 0.299 e. The highest BCUT2D eigenvalue weighted by Crippen LogP contribution is 2.03. The summed E-state index contributed by atoms with van der Waals surface area (Å²) in [4.78, 5) is 15.1. The van der Waals surface area contributed by atoms with Gasteiger partial charge in [0.2, 0.25) is 0 Å². The second-order valence-corrected chi connectivity index (χ2v) is 2.94. The summed E-state index contributed by atoms with van der Waals surface area (Å²) in [6.45, 7) is 3.86. The number of nitrogens with zero attached hydrogens (tertiary/aromatic N) is 1. The summed E-state index contributed by atoms with van der Waals surface area (Å²) in [6.07, 6.45) is 4.67. The zero-order valence-corrected chi connectivity index (χ0v) is 7.50. The Kier molecular flexibility index (Phi) is 2.97. The first-order valence-corrected chi connectivity index (χ1v) is 4.14. The minimum Gasteiger partial charge on any atom is -0.299 e. The maximum atomic E-state index is 11.1. The highest BCUT2D eigenvalue weighted by molar-refractivity contribution is 5.80. The number of hydrogen-bond acceptors (Lipinski definition) is 2. The van der Waals surface area contributed by atoms with Crippen LogP contribution in [0.3, 0.4) is 0 Å². The number of Topliss-reactive ketones (excluding diaryl/α,β-unsaturated/α-hetero) is 1. The lowest BCUT2D eigenvalue weighted by molar-refractivity contribution is -0.118. The van der Waals surface area contributed by atoms with Crippen LogP contribution in [0.2, 0.25) is 0 Å². The molecule has 0 aliphatic carbocycles. The summed E-state index contributed by atoms with van der Waals surface area (Å²) in [7, 11) is 0. The fourth-order valence-corrected chi connectivity index (χ4v) is 1.07. The van der Waals surface area contributed by atoms with E-state index in [-0.39, 0.29) is 5.78 Å². The van der Waals surface area contributed by atoms with Crippen molar-refractivity contribution in [2.45, 2.75) is 26.7 Å². The van der Waals surface area contributed by atoms with Gasteiger partial charge in [-0.15, -0.1) is 0 Å². The van der Waals surface area contributed by atoms with E-state index in [1.165, 1.54) is 0 Å². The van der Waals surface area contributed by atoms with Crippen molar-refractivity contribution in [3.8, 4) is 0 Å². The van der Waals surface area contributed by atoms with Crippen LogP contribution in [0.25, 0.3) is 0 Å². The Balaban J connectivity index is 2.69. The SMILES string of the molecule is CCC(=O)Cc1cncc(C)c1. The van der Waals surface area contributed by atoms with E-state index >= 15 is 0 Å². The van der Waals surface area contributed by atoms with Crippen molar-refractivity contribution < 1.29 is 4.79 Å². The molecule has 0 aromatic carbocycles. The van der Waals surface area contributed by atoms with E-state index < -0.39 is 0 Å². The van der Waals surface area contributed by atoms with Crippen LogP contribution < -0.4 is 0 Å². The Morgan fingerprint density at radius 2 is 2.25 bits per heavy atom. The molecule has 0 N–H and O–H groups in total. The molecular weight excluding hydrogens is 150 g/mol. The third-order valence-electron chi connectivity index (χ3n) is 1.73. The van der Waals surface area contributed by atoms with Gasteiger partial charge < -0.3 is 0 Å². The van der Waals surface area contributed by atoms with Gasteiger partial charge in [-0.25, -0.2) is 0 Å². The van der Waals surface area contributed by atoms with Gasteiger partial charge in [0.1, 0.15) is 5.78 Å². The van der Waals surface area contributed by atoms with E-state index in [2.05, 4.69) is 4.98 Å². The molecule has 1 heterocycles. The Bertz CT molecular complexity index is 281. The molecular formula is C10H13NO. The standard InChI is InChI=1S/C10H13NO/c1-3-10(12)5-9-4-8(2)6-11-7-9/h4,6-7H,3,5H2,1-2H3. The van der Waals surface area contributed by atoms with Crippen molar-refractivity contribution in [2.75, 3.05) is 0 Å². The van der Waals surface area contributed by atoms with Gasteiger partial charge in [-0.05, 0) is 18.1 Å². The Morgan fingerprint density at radius 3 is 2.83 bits per heavy atom. The molecule has 0 fully saturated rings. The van der Waals surface area contributed by atoms with Gasteiger partial charge in [0.25, 0.3) is 0 Å². The molecule has 0 saturated heterocycles. The van der Waals surface area contributed by atoms with Gasteiger partial charge in [0.05, 0.1) is 0 Å². The van der Waals surface area contributed by atoms with Crippen molar-refractivity contribution in [1.29, 1.82) is 0 Å². The predicted molar refractivity (Wildman–Crippen MR) is 48.0 cm³/mol. The molecule has 1 aromatic heterocycles. The van der Waals surface area contributed by atoms with Crippen molar-refractivity contribution in [3.63, 3.8) is 0 Å². The molecule has 0 saturated carbocycles. The molecule has 0 radical (unpaired) electrons. The van der Waals surface area contributed by atoms with Crippen LogP contribution in [-0.4, -0.2) is 10.8 Å². The van der Waals surface area contributed by atoms with Crippen LogP contribution in [0.1, 0.15) is 24.5 Å². The van der Waals surface area contributed by atoms with E-state index in [4.69, 9.17) is 0 Å². The summed E-state index contributed by atoms with van der Waals surface area (Å²) in [5.41, 5.74) is 2.12. The maximum absolute atomic E-state index is 11.1. The fourth-order valence-electron chi connectivity index (χ4n) is 1.07. The fraction of sp³-hybridized carbons (Fsp3) is 0.400. The first-order valence-electron chi connectivity index (χ1n) is 4.14. The van der Waals surface area contributed by atoms with Crippen LogP contribution in [-0.2, 0) is 11.2 Å². The molecule has 0 amide bonds. The molecule has 12 heavy (non-hydrogen) atoms. The predicted octanol–water partition coefficient (Wildman–Crippen LogP) is 1.91. The average Bonchev–Trinajstić information content (AvgIpc) is 2.04. The molecule has 2 nitrogen and oxygen atoms in total. The number of carbonyl (C=O) groups is 1. The van der Waals surface area contributed by atoms with Crippen LogP contribution in [0.4, 0.5) is 0 Å². The van der Waals surface area contributed by atoms with Crippen molar-refractivity contribution >= 4 is 5.78 Å². The highest BCUT2D eigenvalue weighted by atomic mass is 16.1. The second-order valence-electron chi connectivity index (χ2n) is 2.94. The van der Waals surface area contributed by atoms with E-state index in [1.807, 2.05) is 19.9 Å².